The van der Waals surface area contributed by atoms with E-state index in [0.29, 0.717) is 0 Å². The van der Waals surface area contributed by atoms with Crippen LogP contribution in [-0.2, 0) is 0 Å². The highest BCUT2D eigenvalue weighted by molar-refractivity contribution is 9.10. The van der Waals surface area contributed by atoms with Gasteiger partial charge in [-0.2, -0.15) is 4.99 Å². The molecule has 1 aromatic rings. The first kappa shape index (κ1) is 9.45. The van der Waals surface area contributed by atoms with Gasteiger partial charge >= 0.3 is 0 Å². The molecule has 62 valence electrons. The Morgan fingerprint density at radius 2 is 2.08 bits per heavy atom. The molecule has 12 heavy (non-hydrogen) atoms. The lowest BCUT2D eigenvalue weighted by Gasteiger charge is -1.97. The number of halogens is 3. The maximum Gasteiger partial charge on any atom is 0.153 e. The number of benzene rings is 1. The van der Waals surface area contributed by atoms with Crippen molar-refractivity contribution >= 4 is 39.0 Å². The van der Waals surface area contributed by atoms with Crippen LogP contribution in [0.1, 0.15) is 0 Å². The van der Waals surface area contributed by atoms with Gasteiger partial charge in [-0.25, -0.2) is 8.78 Å². The largest absolute Gasteiger partial charge is 0.207 e. The molecule has 0 fully saturated rings. The molecular weight excluding hydrogens is 248 g/mol. The van der Waals surface area contributed by atoms with E-state index in [9.17, 15) is 8.78 Å². The summed E-state index contributed by atoms with van der Waals surface area (Å²) in [4.78, 5) is 3.42. The summed E-state index contributed by atoms with van der Waals surface area (Å²) in [6.07, 6.45) is 0. The predicted molar refractivity (Wildman–Crippen MR) is 48.7 cm³/mol. The van der Waals surface area contributed by atoms with Crippen LogP contribution in [0.15, 0.2) is 21.6 Å². The van der Waals surface area contributed by atoms with Gasteiger partial charge in [0.25, 0.3) is 0 Å². The van der Waals surface area contributed by atoms with Gasteiger partial charge < -0.3 is 0 Å². The second-order valence-electron chi connectivity index (χ2n) is 1.92. The van der Waals surface area contributed by atoms with Gasteiger partial charge in [0, 0.05) is 10.5 Å². The Balaban J connectivity index is 3.37. The number of thiocarbonyl (C=S) groups is 1. The number of isothiocyanates is 1. The molecule has 0 bridgehead atoms. The molecule has 0 saturated heterocycles. The van der Waals surface area contributed by atoms with E-state index in [1.807, 2.05) is 5.16 Å². The SMILES string of the molecule is Fc1cc(F)c(N=C=S)c(Br)c1. The third-order valence-electron chi connectivity index (χ3n) is 1.14. The van der Waals surface area contributed by atoms with E-state index >= 15 is 0 Å². The summed E-state index contributed by atoms with van der Waals surface area (Å²) < 4.78 is 25.6. The van der Waals surface area contributed by atoms with E-state index in [1.54, 1.807) is 0 Å². The molecule has 5 heteroatoms. The van der Waals surface area contributed by atoms with E-state index < -0.39 is 11.6 Å². The van der Waals surface area contributed by atoms with Crippen molar-refractivity contribution in [2.75, 3.05) is 0 Å². The Labute approximate surface area is 81.2 Å². The first-order valence-corrected chi connectivity index (χ1v) is 4.07. The zero-order valence-electron chi connectivity index (χ0n) is 5.64. The fourth-order valence-corrected chi connectivity index (χ4v) is 1.28. The summed E-state index contributed by atoms with van der Waals surface area (Å²) in [5.74, 6) is -1.43. The molecular formula is C7H2BrF2NS. The molecule has 0 aliphatic carbocycles. The average molecular weight is 250 g/mol. The molecule has 0 heterocycles. The molecule has 0 saturated carbocycles. The minimum atomic E-state index is -0.765. The summed E-state index contributed by atoms with van der Waals surface area (Å²) in [6.45, 7) is 0. The fourth-order valence-electron chi connectivity index (χ4n) is 0.687. The van der Waals surface area contributed by atoms with Crippen LogP contribution < -0.4 is 0 Å². The molecule has 1 rings (SSSR count). The van der Waals surface area contributed by atoms with Crippen molar-refractivity contribution in [1.29, 1.82) is 0 Å². The Morgan fingerprint density at radius 1 is 1.42 bits per heavy atom. The van der Waals surface area contributed by atoms with Gasteiger partial charge in [-0.15, -0.1) is 0 Å². The predicted octanol–water partition coefficient (Wildman–Crippen LogP) is 3.46. The van der Waals surface area contributed by atoms with E-state index in [0.717, 1.165) is 12.1 Å². The first-order chi connectivity index (χ1) is 5.65. The van der Waals surface area contributed by atoms with Crippen LogP contribution >= 0.6 is 28.1 Å². The van der Waals surface area contributed by atoms with Crippen molar-refractivity contribution < 1.29 is 8.78 Å². The van der Waals surface area contributed by atoms with Crippen LogP contribution in [0.4, 0.5) is 14.5 Å². The summed E-state index contributed by atoms with van der Waals surface area (Å²) in [6, 6.07) is 1.84. The van der Waals surface area contributed by atoms with Gasteiger partial charge in [-0.1, -0.05) is 0 Å². The molecule has 0 aliphatic rings. The molecule has 0 radical (unpaired) electrons. The Kier molecular flexibility index (Phi) is 3.03. The van der Waals surface area contributed by atoms with Crippen molar-refractivity contribution in [2.24, 2.45) is 4.99 Å². The van der Waals surface area contributed by atoms with E-state index in [2.05, 4.69) is 33.1 Å². The Hall–Kier alpha value is -0.640. The highest BCUT2D eigenvalue weighted by Crippen LogP contribution is 2.28. The Morgan fingerprint density at radius 3 is 2.58 bits per heavy atom. The molecule has 0 unspecified atom stereocenters. The highest BCUT2D eigenvalue weighted by atomic mass is 79.9. The smallest absolute Gasteiger partial charge is 0.153 e. The quantitative estimate of drug-likeness (QED) is 0.549. The zero-order chi connectivity index (χ0) is 9.14. The third kappa shape index (κ3) is 1.94. The van der Waals surface area contributed by atoms with Gasteiger partial charge in [-0.3, -0.25) is 0 Å². The maximum atomic E-state index is 12.8. The number of nitrogens with zero attached hydrogens (tertiary/aromatic N) is 1. The number of rotatable bonds is 1. The normalized spacial score (nSPS) is 9.25. The molecule has 0 N–H and O–H groups in total. The van der Waals surface area contributed by atoms with Crippen LogP contribution in [0.2, 0.25) is 0 Å². The van der Waals surface area contributed by atoms with Gasteiger partial charge in [0.15, 0.2) is 5.82 Å². The lowest BCUT2D eigenvalue weighted by atomic mass is 10.3. The molecule has 0 aromatic heterocycles. The second-order valence-corrected chi connectivity index (χ2v) is 2.96. The fraction of sp³-hybridized carbons (Fsp3) is 0. The Bertz CT molecular complexity index is 337. The van der Waals surface area contributed by atoms with Crippen molar-refractivity contribution in [3.05, 3.63) is 28.2 Å². The molecule has 0 aliphatic heterocycles. The summed E-state index contributed by atoms with van der Waals surface area (Å²) >= 11 is 7.23. The van der Waals surface area contributed by atoms with E-state index in [-0.39, 0.29) is 10.2 Å². The second kappa shape index (κ2) is 3.85. The first-order valence-electron chi connectivity index (χ1n) is 2.87. The van der Waals surface area contributed by atoms with Gasteiger partial charge in [0.1, 0.15) is 11.5 Å². The topological polar surface area (TPSA) is 12.4 Å². The molecule has 0 atom stereocenters. The van der Waals surface area contributed by atoms with Crippen LogP contribution in [0.5, 0.6) is 0 Å². The molecule has 1 nitrogen and oxygen atoms in total. The van der Waals surface area contributed by atoms with Crippen molar-refractivity contribution in [3.63, 3.8) is 0 Å². The number of hydrogen-bond acceptors (Lipinski definition) is 2. The van der Waals surface area contributed by atoms with Crippen molar-refractivity contribution in [2.45, 2.75) is 0 Å². The number of hydrogen-bond donors (Lipinski definition) is 0. The van der Waals surface area contributed by atoms with E-state index in [1.165, 1.54) is 0 Å². The van der Waals surface area contributed by atoms with Crippen LogP contribution in [0.25, 0.3) is 0 Å². The molecule has 1 aromatic carbocycles. The summed E-state index contributed by atoms with van der Waals surface area (Å²) in [5.41, 5.74) is -0.0357. The van der Waals surface area contributed by atoms with Crippen LogP contribution in [-0.4, -0.2) is 5.16 Å². The zero-order valence-corrected chi connectivity index (χ0v) is 8.05. The van der Waals surface area contributed by atoms with Crippen molar-refractivity contribution in [1.82, 2.24) is 0 Å². The minimum Gasteiger partial charge on any atom is -0.207 e. The lowest BCUT2D eigenvalue weighted by Crippen LogP contribution is -1.81. The minimum absolute atomic E-state index is 0.0357. The molecule has 0 amide bonds. The maximum absolute atomic E-state index is 12.8. The average Bonchev–Trinajstić information content (AvgIpc) is 1.96. The highest BCUT2D eigenvalue weighted by Gasteiger charge is 2.07. The molecule has 0 spiro atoms. The standard InChI is InChI=1S/C7H2BrF2NS/c8-5-1-4(9)2-6(10)7(5)11-3-12/h1-2H. The van der Waals surface area contributed by atoms with Crippen molar-refractivity contribution in [3.8, 4) is 0 Å². The van der Waals surface area contributed by atoms with Gasteiger partial charge in [0.05, 0.1) is 5.16 Å². The third-order valence-corrected chi connectivity index (χ3v) is 1.83. The lowest BCUT2D eigenvalue weighted by molar-refractivity contribution is 0.583. The van der Waals surface area contributed by atoms with Crippen LogP contribution in [0, 0.1) is 11.6 Å². The summed E-state index contributed by atoms with van der Waals surface area (Å²) in [7, 11) is 0. The van der Waals surface area contributed by atoms with Gasteiger partial charge in [-0.05, 0) is 34.2 Å². The summed E-state index contributed by atoms with van der Waals surface area (Å²) in [5, 5.41) is 2.00. The van der Waals surface area contributed by atoms with Gasteiger partial charge in [0.2, 0.25) is 0 Å². The van der Waals surface area contributed by atoms with E-state index in [4.69, 9.17) is 0 Å². The monoisotopic (exact) mass is 249 g/mol. The number of aliphatic imine (C=N–C) groups is 1. The van der Waals surface area contributed by atoms with Crippen LogP contribution in [0.3, 0.4) is 0 Å².